The SMILES string of the molecule is Cc1cc(Cc2ccc(CCCCCCCCCCCCCCCCCCCc3ccc(Cc4cc(C)c(N)c(C)c4)cc3)cc2)cc(C)c1N. The minimum absolute atomic E-state index is 0.926. The molecule has 276 valence electrons. The topological polar surface area (TPSA) is 52.0 Å². The van der Waals surface area contributed by atoms with Crippen molar-refractivity contribution in [3.05, 3.63) is 128 Å². The van der Waals surface area contributed by atoms with E-state index in [-0.39, 0.29) is 0 Å². The van der Waals surface area contributed by atoms with Crippen molar-refractivity contribution in [2.24, 2.45) is 0 Å². The molecule has 0 atom stereocenters. The van der Waals surface area contributed by atoms with Gasteiger partial charge in [0.1, 0.15) is 0 Å². The van der Waals surface area contributed by atoms with Crippen molar-refractivity contribution in [3.8, 4) is 0 Å². The van der Waals surface area contributed by atoms with Crippen molar-refractivity contribution >= 4 is 11.4 Å². The lowest BCUT2D eigenvalue weighted by Gasteiger charge is -2.10. The van der Waals surface area contributed by atoms with E-state index in [0.29, 0.717) is 0 Å². The smallest absolute Gasteiger partial charge is 0.0373 e. The first kappa shape index (κ1) is 40.3. The van der Waals surface area contributed by atoms with Crippen molar-refractivity contribution in [1.82, 2.24) is 0 Å². The number of anilines is 2. The Kier molecular flexibility index (Phi) is 17.7. The maximum atomic E-state index is 6.13. The van der Waals surface area contributed by atoms with E-state index in [0.717, 1.165) is 24.2 Å². The quantitative estimate of drug-likeness (QED) is 0.0569. The maximum absolute atomic E-state index is 6.13. The second kappa shape index (κ2) is 22.4. The van der Waals surface area contributed by atoms with Gasteiger partial charge in [-0.05, 0) is 122 Å². The zero-order valence-electron chi connectivity index (χ0n) is 32.9. The van der Waals surface area contributed by atoms with Crippen molar-refractivity contribution in [3.63, 3.8) is 0 Å². The molecule has 4 aromatic rings. The van der Waals surface area contributed by atoms with E-state index >= 15 is 0 Å². The largest absolute Gasteiger partial charge is 0.398 e. The van der Waals surface area contributed by atoms with E-state index in [1.165, 1.54) is 178 Å². The molecule has 2 heteroatoms. The Hall–Kier alpha value is -3.52. The van der Waals surface area contributed by atoms with Crippen LogP contribution in [0.5, 0.6) is 0 Å². The predicted octanol–water partition coefficient (Wildman–Crippen LogP) is 13.7. The maximum Gasteiger partial charge on any atom is 0.0373 e. The van der Waals surface area contributed by atoms with E-state index in [9.17, 15) is 0 Å². The molecule has 0 amide bonds. The third kappa shape index (κ3) is 14.9. The minimum atomic E-state index is 0.926. The molecule has 0 spiro atoms. The average molecular weight is 687 g/mol. The van der Waals surface area contributed by atoms with Crippen LogP contribution in [0.2, 0.25) is 0 Å². The summed E-state index contributed by atoms with van der Waals surface area (Å²) in [6.45, 7) is 8.43. The van der Waals surface area contributed by atoms with Gasteiger partial charge in [0, 0.05) is 11.4 Å². The molecule has 0 fully saturated rings. The first-order valence-electron chi connectivity index (χ1n) is 20.7. The Balaban J connectivity index is 0.890. The molecule has 0 unspecified atom stereocenters. The van der Waals surface area contributed by atoms with Crippen LogP contribution < -0.4 is 11.5 Å². The predicted molar refractivity (Wildman–Crippen MR) is 225 cm³/mol. The lowest BCUT2D eigenvalue weighted by molar-refractivity contribution is 0.525. The summed E-state index contributed by atoms with van der Waals surface area (Å²) < 4.78 is 0. The Morgan fingerprint density at radius 3 is 0.765 bits per heavy atom. The molecule has 4 aromatic carbocycles. The molecule has 0 radical (unpaired) electrons. The van der Waals surface area contributed by atoms with Gasteiger partial charge >= 0.3 is 0 Å². The van der Waals surface area contributed by atoms with Gasteiger partial charge < -0.3 is 11.5 Å². The highest BCUT2D eigenvalue weighted by atomic mass is 14.6. The number of unbranched alkanes of at least 4 members (excludes halogenated alkanes) is 16. The first-order chi connectivity index (χ1) is 24.8. The number of nitrogen functional groups attached to an aromatic ring is 2. The second-order valence-electron chi connectivity index (χ2n) is 15.8. The number of hydrogen-bond acceptors (Lipinski definition) is 2. The summed E-state index contributed by atoms with van der Waals surface area (Å²) in [5, 5.41) is 0. The summed E-state index contributed by atoms with van der Waals surface area (Å²) in [4.78, 5) is 0. The molecule has 4 N–H and O–H groups in total. The number of rotatable bonds is 24. The molecule has 0 aliphatic carbocycles. The molecule has 0 aromatic heterocycles. The van der Waals surface area contributed by atoms with Crippen LogP contribution in [0.1, 0.15) is 165 Å². The Labute approximate surface area is 312 Å². The number of benzene rings is 4. The monoisotopic (exact) mass is 687 g/mol. The summed E-state index contributed by atoms with van der Waals surface area (Å²) in [6.07, 6.45) is 28.3. The van der Waals surface area contributed by atoms with Gasteiger partial charge in [0.05, 0.1) is 0 Å². The van der Waals surface area contributed by atoms with Crippen molar-refractivity contribution in [1.29, 1.82) is 0 Å². The van der Waals surface area contributed by atoms with Crippen LogP contribution >= 0.6 is 0 Å². The van der Waals surface area contributed by atoms with Crippen molar-refractivity contribution in [2.45, 2.75) is 163 Å². The van der Waals surface area contributed by atoms with Gasteiger partial charge in [-0.15, -0.1) is 0 Å². The van der Waals surface area contributed by atoms with Crippen LogP contribution in [-0.2, 0) is 25.7 Å². The van der Waals surface area contributed by atoms with E-state index in [1.54, 1.807) is 0 Å². The van der Waals surface area contributed by atoms with Gasteiger partial charge in [-0.25, -0.2) is 0 Å². The third-order valence-corrected chi connectivity index (χ3v) is 11.1. The average Bonchev–Trinajstić information content (AvgIpc) is 3.12. The van der Waals surface area contributed by atoms with Crippen LogP contribution in [0.25, 0.3) is 0 Å². The van der Waals surface area contributed by atoms with Gasteiger partial charge in [-0.1, -0.05) is 169 Å². The zero-order chi connectivity index (χ0) is 36.3. The third-order valence-electron chi connectivity index (χ3n) is 11.1. The lowest BCUT2D eigenvalue weighted by Crippen LogP contribution is -1.97. The van der Waals surface area contributed by atoms with Gasteiger partial charge in [-0.3, -0.25) is 0 Å². The highest BCUT2D eigenvalue weighted by Crippen LogP contribution is 2.23. The molecule has 0 bridgehead atoms. The molecule has 2 nitrogen and oxygen atoms in total. The Morgan fingerprint density at radius 1 is 0.294 bits per heavy atom. The Bertz CT molecular complexity index is 1400. The van der Waals surface area contributed by atoms with E-state index in [4.69, 9.17) is 11.5 Å². The summed E-state index contributed by atoms with van der Waals surface area (Å²) in [6, 6.07) is 27.5. The second-order valence-corrected chi connectivity index (χ2v) is 15.8. The van der Waals surface area contributed by atoms with Gasteiger partial charge in [0.2, 0.25) is 0 Å². The van der Waals surface area contributed by atoms with Gasteiger partial charge in [0.25, 0.3) is 0 Å². The van der Waals surface area contributed by atoms with Crippen LogP contribution in [0, 0.1) is 27.7 Å². The van der Waals surface area contributed by atoms with Crippen molar-refractivity contribution in [2.75, 3.05) is 11.5 Å². The van der Waals surface area contributed by atoms with E-state index in [1.807, 2.05) is 0 Å². The van der Waals surface area contributed by atoms with Crippen LogP contribution in [0.15, 0.2) is 72.8 Å². The van der Waals surface area contributed by atoms with Crippen LogP contribution in [0.4, 0.5) is 11.4 Å². The standard InChI is InChI=1S/C49H70N2/c1-38-32-46(33-39(2)48(38)50)36-44-28-24-42(25-29-44)22-20-18-16-14-12-10-8-6-5-7-9-11-13-15-17-19-21-23-43-26-30-45(31-27-43)37-47-34-40(3)49(51)41(4)35-47/h24-35H,5-23,36-37,50-51H2,1-4H3. The zero-order valence-corrected chi connectivity index (χ0v) is 32.9. The minimum Gasteiger partial charge on any atom is -0.398 e. The molecule has 4 rings (SSSR count). The normalized spacial score (nSPS) is 11.4. The molecular weight excluding hydrogens is 617 g/mol. The molecule has 51 heavy (non-hydrogen) atoms. The summed E-state index contributed by atoms with van der Waals surface area (Å²) in [5.74, 6) is 0. The van der Waals surface area contributed by atoms with Gasteiger partial charge in [-0.2, -0.15) is 0 Å². The fraction of sp³-hybridized carbons (Fsp3) is 0.510. The van der Waals surface area contributed by atoms with Crippen LogP contribution in [-0.4, -0.2) is 0 Å². The van der Waals surface area contributed by atoms with Crippen molar-refractivity contribution < 1.29 is 0 Å². The number of nitrogens with two attached hydrogens (primary N) is 2. The highest BCUT2D eigenvalue weighted by molar-refractivity contribution is 5.55. The first-order valence-corrected chi connectivity index (χ1v) is 20.7. The summed E-state index contributed by atoms with van der Waals surface area (Å²) in [5.41, 5.74) is 27.3. The molecule has 0 saturated carbocycles. The number of aryl methyl sites for hydroxylation is 6. The Morgan fingerprint density at radius 2 is 0.510 bits per heavy atom. The molecular formula is C49H70N2. The number of hydrogen-bond donors (Lipinski definition) is 2. The highest BCUT2D eigenvalue weighted by Gasteiger charge is 2.05. The van der Waals surface area contributed by atoms with E-state index in [2.05, 4.69) is 100 Å². The van der Waals surface area contributed by atoms with Gasteiger partial charge in [0.15, 0.2) is 0 Å². The fourth-order valence-corrected chi connectivity index (χ4v) is 7.76. The summed E-state index contributed by atoms with van der Waals surface area (Å²) >= 11 is 0. The molecule has 0 saturated heterocycles. The van der Waals surface area contributed by atoms with Crippen LogP contribution in [0.3, 0.4) is 0 Å². The molecule has 0 aliphatic heterocycles. The summed E-state index contributed by atoms with van der Waals surface area (Å²) in [7, 11) is 0. The lowest BCUT2D eigenvalue weighted by atomic mass is 9.97. The van der Waals surface area contributed by atoms with E-state index < -0.39 is 0 Å². The molecule has 0 heterocycles. The molecule has 0 aliphatic rings. The fourth-order valence-electron chi connectivity index (χ4n) is 7.76.